The lowest BCUT2D eigenvalue weighted by Crippen LogP contribution is -1.94. The van der Waals surface area contributed by atoms with Crippen LogP contribution in [0.3, 0.4) is 0 Å². The number of fused-ring (bicyclic) bond motifs is 7. The van der Waals surface area contributed by atoms with E-state index < -0.39 is 0 Å². The van der Waals surface area contributed by atoms with Crippen molar-refractivity contribution in [2.75, 3.05) is 0 Å². The number of rotatable bonds is 5. The number of benzene rings is 5. The zero-order chi connectivity index (χ0) is 33.7. The molecular formula is C46H28N4O. The van der Waals surface area contributed by atoms with Gasteiger partial charge in [0.05, 0.1) is 34.0 Å². The summed E-state index contributed by atoms with van der Waals surface area (Å²) in [5, 5.41) is 5.57. The lowest BCUT2D eigenvalue weighted by Gasteiger charge is -2.13. The van der Waals surface area contributed by atoms with Gasteiger partial charge in [-0.1, -0.05) is 91.0 Å². The first-order valence-electron chi connectivity index (χ1n) is 17.0. The number of nitrogens with zero attached hydrogens (tertiary/aromatic N) is 4. The molecule has 0 atom stereocenters. The molecule has 0 amide bonds. The molecule has 0 aliphatic rings. The summed E-state index contributed by atoms with van der Waals surface area (Å²) in [6.07, 6.45) is 3.59. The first-order valence-corrected chi connectivity index (χ1v) is 17.0. The Labute approximate surface area is 293 Å². The van der Waals surface area contributed by atoms with Crippen molar-refractivity contribution < 1.29 is 4.42 Å². The van der Waals surface area contributed by atoms with Crippen LogP contribution in [-0.4, -0.2) is 19.9 Å². The summed E-state index contributed by atoms with van der Waals surface area (Å²) in [4.78, 5) is 19.4. The SMILES string of the molecule is c1ccc(-c2nc3ccc(-c4ccc(-c5cc(-c6ccccn6)nc(-c6ccccn6)c5)cc4)cc3c3c2ccc2oc4ccccc4c23)cc1. The molecule has 0 saturated heterocycles. The van der Waals surface area contributed by atoms with Crippen molar-refractivity contribution in [1.29, 1.82) is 0 Å². The quantitative estimate of drug-likeness (QED) is 0.173. The van der Waals surface area contributed by atoms with Gasteiger partial charge in [0.1, 0.15) is 11.2 Å². The number of para-hydroxylation sites is 1. The third-order valence-corrected chi connectivity index (χ3v) is 9.58. The van der Waals surface area contributed by atoms with Gasteiger partial charge in [0.15, 0.2) is 0 Å². The molecule has 0 fully saturated rings. The molecule has 5 heteroatoms. The number of pyridine rings is 4. The fourth-order valence-electron chi connectivity index (χ4n) is 7.15. The first kappa shape index (κ1) is 29.0. The zero-order valence-electron chi connectivity index (χ0n) is 27.4. The summed E-state index contributed by atoms with van der Waals surface area (Å²) in [7, 11) is 0. The molecule has 5 aromatic heterocycles. The smallest absolute Gasteiger partial charge is 0.136 e. The highest BCUT2D eigenvalue weighted by Gasteiger charge is 2.18. The Hall–Kier alpha value is -6.98. The van der Waals surface area contributed by atoms with Gasteiger partial charge < -0.3 is 4.42 Å². The van der Waals surface area contributed by atoms with E-state index in [1.54, 1.807) is 12.4 Å². The maximum Gasteiger partial charge on any atom is 0.136 e. The van der Waals surface area contributed by atoms with Gasteiger partial charge >= 0.3 is 0 Å². The van der Waals surface area contributed by atoms with Crippen molar-refractivity contribution in [2.24, 2.45) is 0 Å². The van der Waals surface area contributed by atoms with Crippen molar-refractivity contribution in [3.8, 4) is 56.3 Å². The van der Waals surface area contributed by atoms with Gasteiger partial charge in [0.2, 0.25) is 0 Å². The minimum Gasteiger partial charge on any atom is -0.456 e. The van der Waals surface area contributed by atoms with Crippen molar-refractivity contribution in [3.63, 3.8) is 0 Å². The van der Waals surface area contributed by atoms with Crippen LogP contribution in [-0.2, 0) is 0 Å². The molecular weight excluding hydrogens is 625 g/mol. The van der Waals surface area contributed by atoms with Crippen LogP contribution < -0.4 is 0 Å². The fraction of sp³-hybridized carbons (Fsp3) is 0. The number of hydrogen-bond acceptors (Lipinski definition) is 5. The van der Waals surface area contributed by atoms with E-state index in [1.165, 1.54) is 0 Å². The summed E-state index contributed by atoms with van der Waals surface area (Å²) < 4.78 is 6.37. The van der Waals surface area contributed by atoms with Gasteiger partial charge in [-0.25, -0.2) is 9.97 Å². The number of hydrogen-bond donors (Lipinski definition) is 0. The molecule has 238 valence electrons. The molecule has 0 spiro atoms. The van der Waals surface area contributed by atoms with E-state index in [0.717, 1.165) is 99.9 Å². The van der Waals surface area contributed by atoms with Crippen LogP contribution in [0.15, 0.2) is 175 Å². The second-order valence-corrected chi connectivity index (χ2v) is 12.7. The van der Waals surface area contributed by atoms with Crippen molar-refractivity contribution >= 4 is 43.6 Å². The molecule has 10 aromatic rings. The summed E-state index contributed by atoms with van der Waals surface area (Å²) in [6, 6.07) is 54.2. The lowest BCUT2D eigenvalue weighted by atomic mass is 9.93. The summed E-state index contributed by atoms with van der Waals surface area (Å²) >= 11 is 0. The van der Waals surface area contributed by atoms with Crippen LogP contribution in [0.2, 0.25) is 0 Å². The van der Waals surface area contributed by atoms with Crippen LogP contribution in [0.5, 0.6) is 0 Å². The highest BCUT2D eigenvalue weighted by molar-refractivity contribution is 6.28. The average molecular weight is 653 g/mol. The Morgan fingerprint density at radius 3 is 1.71 bits per heavy atom. The van der Waals surface area contributed by atoms with E-state index in [1.807, 2.05) is 54.6 Å². The van der Waals surface area contributed by atoms with Gasteiger partial charge in [0, 0.05) is 44.9 Å². The molecule has 0 N–H and O–H groups in total. The predicted octanol–water partition coefficient (Wildman–Crippen LogP) is 11.8. The minimum absolute atomic E-state index is 0.805. The molecule has 5 heterocycles. The number of furan rings is 1. The Kier molecular flexibility index (Phi) is 6.74. The average Bonchev–Trinajstić information content (AvgIpc) is 3.60. The number of aromatic nitrogens is 4. The van der Waals surface area contributed by atoms with Crippen LogP contribution >= 0.6 is 0 Å². The topological polar surface area (TPSA) is 64.7 Å². The van der Waals surface area contributed by atoms with Crippen LogP contribution in [0.1, 0.15) is 0 Å². The van der Waals surface area contributed by atoms with Crippen molar-refractivity contribution in [1.82, 2.24) is 19.9 Å². The van der Waals surface area contributed by atoms with Crippen molar-refractivity contribution in [2.45, 2.75) is 0 Å². The first-order chi connectivity index (χ1) is 25.3. The third kappa shape index (κ3) is 5.03. The highest BCUT2D eigenvalue weighted by Crippen LogP contribution is 2.42. The van der Waals surface area contributed by atoms with Gasteiger partial charge in [-0.3, -0.25) is 9.97 Å². The predicted molar refractivity (Wildman–Crippen MR) is 207 cm³/mol. The van der Waals surface area contributed by atoms with Crippen LogP contribution in [0.4, 0.5) is 0 Å². The van der Waals surface area contributed by atoms with Gasteiger partial charge in [-0.2, -0.15) is 0 Å². The Balaban J connectivity index is 1.13. The summed E-state index contributed by atoms with van der Waals surface area (Å²) in [5.74, 6) is 0. The molecule has 0 radical (unpaired) electrons. The molecule has 0 aliphatic heterocycles. The molecule has 0 unspecified atom stereocenters. The second kappa shape index (κ2) is 11.9. The monoisotopic (exact) mass is 652 g/mol. The maximum absolute atomic E-state index is 6.37. The molecule has 0 bridgehead atoms. The summed E-state index contributed by atoms with van der Waals surface area (Å²) in [6.45, 7) is 0. The summed E-state index contributed by atoms with van der Waals surface area (Å²) in [5.41, 5.74) is 12.4. The van der Waals surface area contributed by atoms with Gasteiger partial charge in [-0.15, -0.1) is 0 Å². The van der Waals surface area contributed by atoms with E-state index in [0.29, 0.717) is 0 Å². The largest absolute Gasteiger partial charge is 0.456 e. The highest BCUT2D eigenvalue weighted by atomic mass is 16.3. The van der Waals surface area contributed by atoms with Crippen LogP contribution in [0.25, 0.3) is 99.9 Å². The third-order valence-electron chi connectivity index (χ3n) is 9.58. The molecule has 5 aromatic carbocycles. The van der Waals surface area contributed by atoms with E-state index in [2.05, 4.69) is 113 Å². The minimum atomic E-state index is 0.805. The van der Waals surface area contributed by atoms with E-state index in [-0.39, 0.29) is 0 Å². The maximum atomic E-state index is 6.37. The Morgan fingerprint density at radius 2 is 1.00 bits per heavy atom. The zero-order valence-corrected chi connectivity index (χ0v) is 27.4. The van der Waals surface area contributed by atoms with Crippen molar-refractivity contribution in [3.05, 3.63) is 170 Å². The van der Waals surface area contributed by atoms with E-state index in [4.69, 9.17) is 14.4 Å². The molecule has 10 rings (SSSR count). The van der Waals surface area contributed by atoms with E-state index in [9.17, 15) is 0 Å². The Morgan fingerprint density at radius 1 is 0.353 bits per heavy atom. The molecule has 5 nitrogen and oxygen atoms in total. The second-order valence-electron chi connectivity index (χ2n) is 12.7. The van der Waals surface area contributed by atoms with E-state index >= 15 is 0 Å². The van der Waals surface area contributed by atoms with Crippen LogP contribution in [0, 0.1) is 0 Å². The lowest BCUT2D eigenvalue weighted by molar-refractivity contribution is 0.669. The fourth-order valence-corrected chi connectivity index (χ4v) is 7.15. The van der Waals surface area contributed by atoms with Gasteiger partial charge in [0.25, 0.3) is 0 Å². The molecule has 51 heavy (non-hydrogen) atoms. The standard InChI is InChI=1S/C46H28N4O/c1-2-10-31(11-3-1)46-35-21-23-43-45(34-12-4-5-15-42(34)51-43)44(35)36-26-32(20-22-37(36)50-46)29-16-18-30(19-17-29)33-27-40(38-13-6-8-24-47-38)49-41(28-33)39-14-7-9-25-48-39/h1-28H. The molecule has 0 saturated carbocycles. The Bertz CT molecular complexity index is 2830. The normalized spacial score (nSPS) is 11.5. The molecule has 0 aliphatic carbocycles. The van der Waals surface area contributed by atoms with Gasteiger partial charge in [-0.05, 0) is 89.0 Å².